The molecule has 0 unspecified atom stereocenters. The predicted molar refractivity (Wildman–Crippen MR) is 55.6 cm³/mol. The molecule has 0 saturated carbocycles. The fourth-order valence-corrected chi connectivity index (χ4v) is 1.85. The van der Waals surface area contributed by atoms with E-state index in [4.69, 9.17) is 35.0 Å². The third-order valence-corrected chi connectivity index (χ3v) is 2.42. The molecular weight excluding hydrogens is 248 g/mol. The average molecular weight is 252 g/mol. The molecule has 0 atom stereocenters. The molecule has 0 radical (unpaired) electrons. The van der Waals surface area contributed by atoms with E-state index in [-0.39, 0.29) is 0 Å². The van der Waals surface area contributed by atoms with Crippen molar-refractivity contribution >= 4 is 41.2 Å². The molecule has 4 nitrogen and oxygen atoms in total. The van der Waals surface area contributed by atoms with Crippen molar-refractivity contribution in [1.82, 2.24) is 14.9 Å². The van der Waals surface area contributed by atoms with Gasteiger partial charge >= 0.3 is 0 Å². The lowest BCUT2D eigenvalue weighted by atomic mass is 10.3. The van der Waals surface area contributed by atoms with Crippen LogP contribution in [0, 0.1) is 5.21 Å². The topological polar surface area (TPSA) is 41.3 Å². The Morgan fingerprint density at radius 1 is 1.36 bits per heavy atom. The van der Waals surface area contributed by atoms with Crippen molar-refractivity contribution < 1.29 is 0 Å². The number of rotatable bonds is 0. The van der Waals surface area contributed by atoms with E-state index in [2.05, 4.69) is 5.53 Å². The average Bonchev–Trinajstić information content (AvgIpc) is 2.07. The number of benzene rings is 1. The van der Waals surface area contributed by atoms with E-state index in [0.29, 0.717) is 25.5 Å². The van der Waals surface area contributed by atoms with Crippen LogP contribution in [-0.2, 0) is 0 Å². The summed E-state index contributed by atoms with van der Waals surface area (Å²) >= 11 is 17.2. The van der Waals surface area contributed by atoms with Gasteiger partial charge in [-0.25, -0.2) is 0 Å². The molecule has 0 aromatic heterocycles. The van der Waals surface area contributed by atoms with Gasteiger partial charge in [0.15, 0.2) is 0 Å². The lowest BCUT2D eigenvalue weighted by Crippen LogP contribution is -2.53. The van der Waals surface area contributed by atoms with E-state index in [1.165, 1.54) is 12.3 Å². The number of nitrogens with zero attached hydrogens (tertiary/aromatic N) is 2. The van der Waals surface area contributed by atoms with Crippen molar-refractivity contribution in [3.63, 3.8) is 0 Å². The molecule has 0 aliphatic carbocycles. The SMILES string of the molecule is [O-][N+]1=c2cc(Cl)cc(Cl)c2=CN(Cl)N1. The summed E-state index contributed by atoms with van der Waals surface area (Å²) in [6, 6.07) is 3.05. The van der Waals surface area contributed by atoms with Crippen LogP contribution in [0.25, 0.3) is 6.20 Å². The zero-order valence-electron chi connectivity index (χ0n) is 6.67. The predicted octanol–water partition coefficient (Wildman–Crippen LogP) is 0.609. The summed E-state index contributed by atoms with van der Waals surface area (Å²) in [5, 5.41) is 13.0. The van der Waals surface area contributed by atoms with Crippen molar-refractivity contribution in [2.75, 3.05) is 0 Å². The van der Waals surface area contributed by atoms with Gasteiger partial charge in [0.05, 0.1) is 16.4 Å². The monoisotopic (exact) mass is 251 g/mol. The third kappa shape index (κ3) is 1.56. The van der Waals surface area contributed by atoms with Crippen LogP contribution in [0.5, 0.6) is 0 Å². The first-order valence-corrected chi connectivity index (χ1v) is 4.70. The minimum atomic E-state index is 0.333. The second kappa shape index (κ2) is 3.38. The fourth-order valence-electron chi connectivity index (χ4n) is 1.15. The third-order valence-electron chi connectivity index (χ3n) is 1.72. The standard InChI is InChI=1S/C7H4Cl3N3O/c8-4-1-6(9)5-3-12(10)11-13(14)7(5)2-4/h1-3,11H. The summed E-state index contributed by atoms with van der Waals surface area (Å²) in [7, 11) is 0. The highest BCUT2D eigenvalue weighted by Crippen LogP contribution is 2.09. The summed E-state index contributed by atoms with van der Waals surface area (Å²) in [4.78, 5) is 0.486. The molecule has 74 valence electrons. The zero-order valence-corrected chi connectivity index (χ0v) is 8.94. The molecule has 0 saturated heterocycles. The molecule has 0 amide bonds. The van der Waals surface area contributed by atoms with E-state index in [0.717, 1.165) is 4.53 Å². The molecule has 14 heavy (non-hydrogen) atoms. The van der Waals surface area contributed by atoms with Gasteiger partial charge in [0, 0.05) is 22.9 Å². The fraction of sp³-hybridized carbons (Fsp3) is 0. The first-order chi connectivity index (χ1) is 6.58. The van der Waals surface area contributed by atoms with Gasteiger partial charge in [-0.1, -0.05) is 33.6 Å². The molecule has 0 spiro atoms. The van der Waals surface area contributed by atoms with Crippen LogP contribution in [0.2, 0.25) is 10.0 Å². The summed E-state index contributed by atoms with van der Waals surface area (Å²) in [5.74, 6) is 0. The van der Waals surface area contributed by atoms with Crippen molar-refractivity contribution in [2.24, 2.45) is 0 Å². The van der Waals surface area contributed by atoms with Crippen LogP contribution in [0.15, 0.2) is 12.1 Å². The van der Waals surface area contributed by atoms with E-state index in [1.807, 2.05) is 0 Å². The van der Waals surface area contributed by atoms with Crippen LogP contribution < -0.4 is 21.0 Å². The number of hydrazine groups is 2. The van der Waals surface area contributed by atoms with Crippen LogP contribution in [0.3, 0.4) is 0 Å². The normalized spacial score (nSPS) is 14.5. The maximum Gasteiger partial charge on any atom is 0.255 e. The molecule has 0 bridgehead atoms. The maximum atomic E-state index is 11.3. The molecule has 1 aromatic carbocycles. The Labute approximate surface area is 94.2 Å². The molecule has 1 aromatic rings. The molecule has 0 fully saturated rings. The Balaban J connectivity index is 2.89. The van der Waals surface area contributed by atoms with Crippen molar-refractivity contribution in [3.8, 4) is 0 Å². The highest BCUT2D eigenvalue weighted by molar-refractivity contribution is 6.34. The highest BCUT2D eigenvalue weighted by atomic mass is 35.5. The summed E-state index contributed by atoms with van der Waals surface area (Å²) < 4.78 is 0.995. The van der Waals surface area contributed by atoms with Crippen LogP contribution in [-0.4, -0.2) is 4.53 Å². The minimum Gasteiger partial charge on any atom is -0.594 e. The maximum absolute atomic E-state index is 11.3. The van der Waals surface area contributed by atoms with Gasteiger partial charge in [-0.05, 0) is 6.07 Å². The van der Waals surface area contributed by atoms with Gasteiger partial charge in [-0.2, -0.15) is 4.53 Å². The summed E-state index contributed by atoms with van der Waals surface area (Å²) in [6.07, 6.45) is 1.49. The van der Waals surface area contributed by atoms with Gasteiger partial charge in [-0.3, -0.25) is 0 Å². The van der Waals surface area contributed by atoms with Crippen LogP contribution >= 0.6 is 35.0 Å². The number of nitrogens with one attached hydrogen (secondary N) is 1. The molecular formula is C7H4Cl3N3O. The first-order valence-electron chi connectivity index (χ1n) is 3.60. The van der Waals surface area contributed by atoms with Crippen molar-refractivity contribution in [1.29, 1.82) is 0 Å². The van der Waals surface area contributed by atoms with Crippen molar-refractivity contribution in [2.45, 2.75) is 0 Å². The van der Waals surface area contributed by atoms with Gasteiger partial charge in [0.2, 0.25) is 0 Å². The largest absolute Gasteiger partial charge is 0.594 e. The molecule has 1 heterocycles. The number of hydrogen-bond acceptors (Lipinski definition) is 3. The highest BCUT2D eigenvalue weighted by Gasteiger charge is 2.12. The number of hydrogen-bond donors (Lipinski definition) is 1. The Morgan fingerprint density at radius 2 is 2.07 bits per heavy atom. The van der Waals surface area contributed by atoms with Gasteiger partial charge in [0.1, 0.15) is 0 Å². The van der Waals surface area contributed by atoms with Crippen LogP contribution in [0.1, 0.15) is 0 Å². The minimum absolute atomic E-state index is 0.333. The Bertz CT molecular complexity index is 502. The number of fused-ring (bicyclic) bond motifs is 1. The Hall–Kier alpha value is -0.840. The Kier molecular flexibility index (Phi) is 2.34. The van der Waals surface area contributed by atoms with Gasteiger partial charge in [-0.15, -0.1) is 0 Å². The van der Waals surface area contributed by atoms with Gasteiger partial charge < -0.3 is 5.21 Å². The summed E-state index contributed by atoms with van der Waals surface area (Å²) in [6.45, 7) is 0. The summed E-state index contributed by atoms with van der Waals surface area (Å²) in [5.41, 5.74) is 2.29. The van der Waals surface area contributed by atoms with E-state index >= 15 is 0 Å². The molecule has 1 aliphatic rings. The molecule has 1 aliphatic heterocycles. The van der Waals surface area contributed by atoms with E-state index in [9.17, 15) is 5.21 Å². The Morgan fingerprint density at radius 3 is 2.79 bits per heavy atom. The second-order valence-corrected chi connectivity index (χ2v) is 3.86. The lowest BCUT2D eigenvalue weighted by molar-refractivity contribution is 0.357. The van der Waals surface area contributed by atoms with E-state index in [1.54, 1.807) is 6.07 Å². The van der Waals surface area contributed by atoms with Crippen LogP contribution in [0.4, 0.5) is 0 Å². The first kappa shape index (κ1) is 9.71. The molecule has 7 heteroatoms. The number of halogens is 3. The quantitative estimate of drug-likeness (QED) is 0.418. The zero-order chi connectivity index (χ0) is 10.3. The van der Waals surface area contributed by atoms with E-state index < -0.39 is 0 Å². The van der Waals surface area contributed by atoms with Crippen molar-refractivity contribution in [3.05, 3.63) is 38.0 Å². The molecule has 2 rings (SSSR count). The lowest BCUT2D eigenvalue weighted by Gasteiger charge is -2.15. The molecule has 1 N–H and O–H groups in total. The van der Waals surface area contributed by atoms with Gasteiger partial charge in [0.25, 0.3) is 5.36 Å². The smallest absolute Gasteiger partial charge is 0.255 e. The second-order valence-electron chi connectivity index (χ2n) is 2.66.